The van der Waals surface area contributed by atoms with Crippen LogP contribution in [0.15, 0.2) is 42.5 Å². The van der Waals surface area contributed by atoms with Gasteiger partial charge in [0.2, 0.25) is 5.91 Å². The van der Waals surface area contributed by atoms with Crippen molar-refractivity contribution in [1.29, 1.82) is 0 Å². The van der Waals surface area contributed by atoms with E-state index in [1.54, 1.807) is 0 Å². The van der Waals surface area contributed by atoms with Gasteiger partial charge in [0, 0.05) is 19.0 Å². The minimum Gasteiger partial charge on any atom is -0.325 e. The van der Waals surface area contributed by atoms with Crippen molar-refractivity contribution in [3.05, 3.63) is 64.7 Å². The summed E-state index contributed by atoms with van der Waals surface area (Å²) < 4.78 is 38.9. The van der Waals surface area contributed by atoms with Gasteiger partial charge in [0.05, 0.1) is 11.3 Å². The van der Waals surface area contributed by atoms with Gasteiger partial charge in [-0.25, -0.2) is 0 Å². The molecule has 6 heteroatoms. The molecular formula is C20H23F3N2O. The first-order valence-electron chi connectivity index (χ1n) is 8.42. The molecule has 0 aromatic heterocycles. The maximum absolute atomic E-state index is 13.0. The Balaban J connectivity index is 1.92. The van der Waals surface area contributed by atoms with Crippen molar-refractivity contribution in [3.63, 3.8) is 0 Å². The molecule has 3 nitrogen and oxygen atoms in total. The van der Waals surface area contributed by atoms with E-state index in [2.05, 4.69) is 16.7 Å². The molecule has 0 aliphatic carbocycles. The number of aryl methyl sites for hydroxylation is 2. The van der Waals surface area contributed by atoms with Crippen molar-refractivity contribution in [2.45, 2.75) is 46.0 Å². The second kappa shape index (κ2) is 8.36. The number of rotatable bonds is 6. The minimum atomic E-state index is -4.50. The molecule has 1 amide bonds. The number of para-hydroxylation sites is 1. The first-order valence-corrected chi connectivity index (χ1v) is 8.42. The van der Waals surface area contributed by atoms with Gasteiger partial charge >= 0.3 is 6.18 Å². The Morgan fingerprint density at radius 3 is 2.46 bits per heavy atom. The first kappa shape index (κ1) is 20.0. The highest BCUT2D eigenvalue weighted by atomic mass is 19.4. The lowest BCUT2D eigenvalue weighted by Crippen LogP contribution is -2.30. The van der Waals surface area contributed by atoms with Crippen molar-refractivity contribution in [2.75, 3.05) is 5.32 Å². The SMILES string of the molecule is Cc1ccc(CNC(C)CC(=O)Nc2ccccc2C(F)(F)F)c(C)c1. The van der Waals surface area contributed by atoms with E-state index in [0.29, 0.717) is 6.54 Å². The van der Waals surface area contributed by atoms with Gasteiger partial charge in [-0.2, -0.15) is 13.2 Å². The van der Waals surface area contributed by atoms with Gasteiger partial charge in [-0.15, -0.1) is 0 Å². The Hall–Kier alpha value is -2.34. The largest absolute Gasteiger partial charge is 0.418 e. The Labute approximate surface area is 151 Å². The molecule has 2 N–H and O–H groups in total. The van der Waals surface area contributed by atoms with E-state index in [1.807, 2.05) is 32.9 Å². The molecule has 0 spiro atoms. The normalized spacial score (nSPS) is 12.7. The Morgan fingerprint density at radius 2 is 1.81 bits per heavy atom. The maximum Gasteiger partial charge on any atom is 0.418 e. The zero-order valence-corrected chi connectivity index (χ0v) is 15.1. The predicted octanol–water partition coefficient (Wildman–Crippen LogP) is 4.83. The number of hydrogen-bond acceptors (Lipinski definition) is 2. The quantitative estimate of drug-likeness (QED) is 0.771. The van der Waals surface area contributed by atoms with Crippen LogP contribution in [0.2, 0.25) is 0 Å². The molecule has 0 radical (unpaired) electrons. The van der Waals surface area contributed by atoms with Crippen LogP contribution in [-0.2, 0) is 17.5 Å². The highest BCUT2D eigenvalue weighted by Crippen LogP contribution is 2.34. The van der Waals surface area contributed by atoms with E-state index >= 15 is 0 Å². The van der Waals surface area contributed by atoms with Gasteiger partial charge in [0.1, 0.15) is 0 Å². The summed E-state index contributed by atoms with van der Waals surface area (Å²) in [6, 6.07) is 10.9. The highest BCUT2D eigenvalue weighted by molar-refractivity contribution is 5.92. The van der Waals surface area contributed by atoms with Crippen molar-refractivity contribution < 1.29 is 18.0 Å². The summed E-state index contributed by atoms with van der Waals surface area (Å²) in [6.45, 7) is 6.48. The Bertz CT molecular complexity index is 772. The molecule has 2 aromatic carbocycles. The van der Waals surface area contributed by atoms with E-state index in [9.17, 15) is 18.0 Å². The van der Waals surface area contributed by atoms with Gasteiger partial charge in [-0.3, -0.25) is 4.79 Å². The van der Waals surface area contributed by atoms with E-state index in [4.69, 9.17) is 0 Å². The lowest BCUT2D eigenvalue weighted by Gasteiger charge is -2.17. The molecule has 1 atom stereocenters. The summed E-state index contributed by atoms with van der Waals surface area (Å²) >= 11 is 0. The van der Waals surface area contributed by atoms with Crippen LogP contribution in [0.1, 0.15) is 35.6 Å². The van der Waals surface area contributed by atoms with Crippen molar-refractivity contribution in [3.8, 4) is 0 Å². The van der Waals surface area contributed by atoms with Crippen LogP contribution in [-0.4, -0.2) is 11.9 Å². The number of amides is 1. The van der Waals surface area contributed by atoms with E-state index in [1.165, 1.54) is 23.8 Å². The van der Waals surface area contributed by atoms with Crippen LogP contribution in [0.25, 0.3) is 0 Å². The number of benzene rings is 2. The predicted molar refractivity (Wildman–Crippen MR) is 96.9 cm³/mol. The van der Waals surface area contributed by atoms with Gasteiger partial charge in [-0.1, -0.05) is 35.9 Å². The van der Waals surface area contributed by atoms with Crippen LogP contribution in [0, 0.1) is 13.8 Å². The third-order valence-electron chi connectivity index (χ3n) is 4.14. The zero-order chi connectivity index (χ0) is 19.3. The molecule has 0 aliphatic heterocycles. The van der Waals surface area contributed by atoms with E-state index in [-0.39, 0.29) is 18.2 Å². The summed E-state index contributed by atoms with van der Waals surface area (Å²) in [5.74, 6) is -0.456. The molecule has 0 bridgehead atoms. The number of hydrogen-bond donors (Lipinski definition) is 2. The van der Waals surface area contributed by atoms with Crippen LogP contribution in [0.4, 0.5) is 18.9 Å². The second-order valence-electron chi connectivity index (χ2n) is 6.51. The topological polar surface area (TPSA) is 41.1 Å². The van der Waals surface area contributed by atoms with E-state index < -0.39 is 17.6 Å². The number of carbonyl (C=O) groups is 1. The zero-order valence-electron chi connectivity index (χ0n) is 15.1. The summed E-state index contributed by atoms with van der Waals surface area (Å²) in [5.41, 5.74) is 2.41. The number of anilines is 1. The highest BCUT2D eigenvalue weighted by Gasteiger charge is 2.33. The third-order valence-corrected chi connectivity index (χ3v) is 4.14. The molecule has 0 aliphatic rings. The fraction of sp³-hybridized carbons (Fsp3) is 0.350. The molecule has 0 heterocycles. The fourth-order valence-corrected chi connectivity index (χ4v) is 2.72. The summed E-state index contributed by atoms with van der Waals surface area (Å²) in [4.78, 5) is 12.1. The number of halogens is 3. The summed E-state index contributed by atoms with van der Waals surface area (Å²) in [7, 11) is 0. The van der Waals surface area contributed by atoms with Gasteiger partial charge < -0.3 is 10.6 Å². The molecule has 0 saturated carbocycles. The Morgan fingerprint density at radius 1 is 1.12 bits per heavy atom. The molecule has 0 fully saturated rings. The van der Waals surface area contributed by atoms with E-state index in [0.717, 1.165) is 17.2 Å². The van der Waals surface area contributed by atoms with Gasteiger partial charge in [-0.05, 0) is 44.0 Å². The summed E-state index contributed by atoms with van der Waals surface area (Å²) in [6.07, 6.45) is -4.42. The van der Waals surface area contributed by atoms with Crippen molar-refractivity contribution in [2.24, 2.45) is 0 Å². The molecular weight excluding hydrogens is 341 g/mol. The third kappa shape index (κ3) is 5.59. The fourth-order valence-electron chi connectivity index (χ4n) is 2.72. The standard InChI is InChI=1S/C20H23F3N2O/c1-13-8-9-16(14(2)10-13)12-24-15(3)11-19(26)25-18-7-5-4-6-17(18)20(21,22)23/h4-10,15,24H,11-12H2,1-3H3,(H,25,26). The average molecular weight is 364 g/mol. The second-order valence-corrected chi connectivity index (χ2v) is 6.51. The van der Waals surface area contributed by atoms with Crippen LogP contribution < -0.4 is 10.6 Å². The molecule has 26 heavy (non-hydrogen) atoms. The smallest absolute Gasteiger partial charge is 0.325 e. The molecule has 2 rings (SSSR count). The van der Waals surface area contributed by atoms with Crippen LogP contribution in [0.3, 0.4) is 0 Å². The lowest BCUT2D eigenvalue weighted by atomic mass is 10.1. The molecule has 0 saturated heterocycles. The lowest BCUT2D eigenvalue weighted by molar-refractivity contribution is -0.137. The molecule has 140 valence electrons. The number of alkyl halides is 3. The van der Waals surface area contributed by atoms with Gasteiger partial charge in [0.15, 0.2) is 0 Å². The number of carbonyl (C=O) groups excluding carboxylic acids is 1. The van der Waals surface area contributed by atoms with Crippen molar-refractivity contribution >= 4 is 11.6 Å². The van der Waals surface area contributed by atoms with Crippen LogP contribution in [0.5, 0.6) is 0 Å². The average Bonchev–Trinajstić information content (AvgIpc) is 2.53. The molecule has 2 aromatic rings. The summed E-state index contributed by atoms with van der Waals surface area (Å²) in [5, 5.41) is 5.60. The first-order chi connectivity index (χ1) is 12.2. The molecule has 1 unspecified atom stereocenters. The number of nitrogens with one attached hydrogen (secondary N) is 2. The maximum atomic E-state index is 13.0. The monoisotopic (exact) mass is 364 g/mol. The van der Waals surface area contributed by atoms with Gasteiger partial charge in [0.25, 0.3) is 0 Å². The van der Waals surface area contributed by atoms with Crippen molar-refractivity contribution in [1.82, 2.24) is 5.32 Å². The minimum absolute atomic E-state index is 0.0805. The Kier molecular flexibility index (Phi) is 6.42. The van der Waals surface area contributed by atoms with Crippen LogP contribution >= 0.6 is 0 Å².